The highest BCUT2D eigenvalue weighted by molar-refractivity contribution is 7.26. The number of benzene rings is 8. The van der Waals surface area contributed by atoms with E-state index in [0.717, 1.165) is 61.2 Å². The van der Waals surface area contributed by atoms with Crippen molar-refractivity contribution in [1.29, 1.82) is 0 Å². The van der Waals surface area contributed by atoms with E-state index < -0.39 is 6.17 Å². The first-order valence-corrected chi connectivity index (χ1v) is 20.7. The van der Waals surface area contributed by atoms with Gasteiger partial charge in [0.05, 0.1) is 0 Å². The van der Waals surface area contributed by atoms with Crippen LogP contribution < -0.4 is 5.32 Å². The van der Waals surface area contributed by atoms with Crippen LogP contribution in [0.15, 0.2) is 190 Å². The monoisotopic (exact) mass is 765 g/mol. The number of nitrogens with one attached hydrogen (secondary N) is 1. The molecule has 0 saturated heterocycles. The predicted molar refractivity (Wildman–Crippen MR) is 242 cm³/mol. The van der Waals surface area contributed by atoms with E-state index >= 15 is 0 Å². The largest absolute Gasteiger partial charge is 0.455 e. The van der Waals surface area contributed by atoms with Crippen LogP contribution in [-0.4, -0.2) is 11.7 Å². The molecule has 4 nitrogen and oxygen atoms in total. The van der Waals surface area contributed by atoms with E-state index in [9.17, 15) is 0 Å². The first kappa shape index (κ1) is 32.4. The van der Waals surface area contributed by atoms with Gasteiger partial charge in [-0.25, -0.2) is 9.98 Å². The van der Waals surface area contributed by atoms with E-state index in [2.05, 4.69) is 145 Å². The summed E-state index contributed by atoms with van der Waals surface area (Å²) >= 11 is 3.69. The minimum atomic E-state index is -0.428. The number of aliphatic imine (C=N–C) groups is 2. The molecule has 8 aromatic carbocycles. The van der Waals surface area contributed by atoms with Crippen LogP contribution in [0.4, 0.5) is 0 Å². The first-order chi connectivity index (χ1) is 28.2. The predicted octanol–water partition coefficient (Wildman–Crippen LogP) is 14.2. The molecule has 12 rings (SSSR count). The summed E-state index contributed by atoms with van der Waals surface area (Å²) in [5.41, 5.74) is 9.12. The van der Waals surface area contributed by atoms with Crippen molar-refractivity contribution in [2.75, 3.05) is 0 Å². The molecule has 0 radical (unpaired) electrons. The van der Waals surface area contributed by atoms with Gasteiger partial charge in [0.25, 0.3) is 0 Å². The fourth-order valence-electron chi connectivity index (χ4n) is 8.39. The number of fused-ring (bicyclic) bond motifs is 9. The van der Waals surface area contributed by atoms with E-state index in [1.54, 1.807) is 0 Å². The van der Waals surface area contributed by atoms with Crippen LogP contribution in [0.2, 0.25) is 0 Å². The van der Waals surface area contributed by atoms with E-state index in [0.29, 0.717) is 5.84 Å². The summed E-state index contributed by atoms with van der Waals surface area (Å²) in [5.74, 6) is 1.46. The second-order valence-corrected chi connectivity index (χ2v) is 16.7. The van der Waals surface area contributed by atoms with Gasteiger partial charge >= 0.3 is 0 Å². The molecule has 0 bridgehead atoms. The average molecular weight is 766 g/mol. The van der Waals surface area contributed by atoms with Gasteiger partial charge < -0.3 is 9.73 Å². The summed E-state index contributed by atoms with van der Waals surface area (Å²) in [6.07, 6.45) is -0.428. The Hall–Kier alpha value is -6.86. The van der Waals surface area contributed by atoms with Gasteiger partial charge in [-0.1, -0.05) is 127 Å². The van der Waals surface area contributed by atoms with Crippen molar-refractivity contribution in [2.45, 2.75) is 6.17 Å². The molecule has 1 aliphatic rings. The maximum atomic E-state index is 7.15. The molecule has 57 heavy (non-hydrogen) atoms. The summed E-state index contributed by atoms with van der Waals surface area (Å²) in [6.45, 7) is 0. The highest BCUT2D eigenvalue weighted by Gasteiger charge is 2.26. The molecule has 4 heterocycles. The smallest absolute Gasteiger partial charge is 0.159 e. The van der Waals surface area contributed by atoms with Crippen molar-refractivity contribution in [3.8, 4) is 22.3 Å². The van der Waals surface area contributed by atoms with Crippen molar-refractivity contribution < 1.29 is 4.42 Å². The molecular formula is C51H31N3OS2. The van der Waals surface area contributed by atoms with E-state index in [4.69, 9.17) is 14.4 Å². The Morgan fingerprint density at radius 2 is 1.00 bits per heavy atom. The second kappa shape index (κ2) is 12.8. The standard InChI is InChI=1S/C51H31N3OS2/c1-3-12-30(13-4-1)49-52-50(31-14-5-2-6-15-31)54-51(53-49)38-19-11-18-37-42-29-34(32-22-24-45-40(26-32)35-16-7-9-20-43(35)56-45)28-39(48(42)55-47(37)38)33-23-25-46-41(27-33)36-17-8-10-21-44(36)57-46/h1-29,51H,(H,52,53,54). The third kappa shape index (κ3) is 5.33. The number of nitrogens with zero attached hydrogens (tertiary/aromatic N) is 2. The van der Waals surface area contributed by atoms with Gasteiger partial charge in [0.1, 0.15) is 17.0 Å². The molecule has 6 heteroatoms. The maximum absolute atomic E-state index is 7.15. The van der Waals surface area contributed by atoms with Crippen molar-refractivity contribution in [1.82, 2.24) is 5.32 Å². The van der Waals surface area contributed by atoms with Gasteiger partial charge in [-0.05, 0) is 65.2 Å². The van der Waals surface area contributed by atoms with Crippen molar-refractivity contribution in [3.63, 3.8) is 0 Å². The van der Waals surface area contributed by atoms with Crippen LogP contribution in [0.25, 0.3) is 84.5 Å². The Morgan fingerprint density at radius 1 is 0.421 bits per heavy atom. The molecule has 0 saturated carbocycles. The molecule has 11 aromatic rings. The van der Waals surface area contributed by atoms with Gasteiger partial charge in [-0.3, -0.25) is 0 Å². The fraction of sp³-hybridized carbons (Fsp3) is 0.0196. The van der Waals surface area contributed by atoms with Crippen LogP contribution in [0.1, 0.15) is 22.9 Å². The maximum Gasteiger partial charge on any atom is 0.159 e. The number of rotatable bonds is 5. The lowest BCUT2D eigenvalue weighted by Crippen LogP contribution is -2.33. The number of hydrogen-bond acceptors (Lipinski definition) is 6. The molecule has 0 spiro atoms. The molecule has 0 amide bonds. The lowest BCUT2D eigenvalue weighted by atomic mass is 9.94. The lowest BCUT2D eigenvalue weighted by molar-refractivity contribution is 0.629. The third-order valence-electron chi connectivity index (χ3n) is 11.1. The van der Waals surface area contributed by atoms with Crippen LogP contribution in [0, 0.1) is 0 Å². The number of hydrogen-bond donors (Lipinski definition) is 1. The quantitative estimate of drug-likeness (QED) is 0.190. The Balaban J connectivity index is 1.09. The Labute approximate surface area is 335 Å². The van der Waals surface area contributed by atoms with Gasteiger partial charge in [0.15, 0.2) is 12.0 Å². The van der Waals surface area contributed by atoms with Crippen molar-refractivity contribution >= 4 is 96.6 Å². The zero-order chi connectivity index (χ0) is 37.5. The van der Waals surface area contributed by atoms with Gasteiger partial charge in [-0.15, -0.1) is 22.7 Å². The van der Waals surface area contributed by atoms with Crippen LogP contribution in [0.5, 0.6) is 0 Å². The topological polar surface area (TPSA) is 49.9 Å². The molecule has 1 unspecified atom stereocenters. The molecule has 1 atom stereocenters. The zero-order valence-electron chi connectivity index (χ0n) is 30.4. The second-order valence-electron chi connectivity index (χ2n) is 14.5. The Morgan fingerprint density at radius 3 is 1.72 bits per heavy atom. The van der Waals surface area contributed by atoms with Crippen LogP contribution in [-0.2, 0) is 0 Å². The third-order valence-corrected chi connectivity index (χ3v) is 13.4. The Bertz CT molecular complexity index is 3450. The highest BCUT2D eigenvalue weighted by Crippen LogP contribution is 2.45. The van der Waals surface area contributed by atoms with Gasteiger partial charge in [0.2, 0.25) is 0 Å². The van der Waals surface area contributed by atoms with E-state index in [1.807, 2.05) is 59.1 Å². The normalized spacial score (nSPS) is 14.5. The number of thiophene rings is 2. The molecule has 268 valence electrons. The van der Waals surface area contributed by atoms with Crippen LogP contribution >= 0.6 is 22.7 Å². The molecule has 0 fully saturated rings. The summed E-state index contributed by atoms with van der Waals surface area (Å²) < 4.78 is 12.3. The SMILES string of the molecule is c1ccc(C2=NC(c3cccc4c3oc3c(-c5ccc6sc7ccccc7c6c5)cc(-c5ccc6sc7ccccc7c6c5)cc34)NC(c3ccccc3)=N2)cc1. The zero-order valence-corrected chi connectivity index (χ0v) is 32.1. The summed E-state index contributed by atoms with van der Waals surface area (Å²) in [6, 6.07) is 62.7. The lowest BCUT2D eigenvalue weighted by Gasteiger charge is -2.23. The summed E-state index contributed by atoms with van der Waals surface area (Å²) in [7, 11) is 0. The van der Waals surface area contributed by atoms with Gasteiger partial charge in [-0.2, -0.15) is 0 Å². The van der Waals surface area contributed by atoms with Crippen molar-refractivity contribution in [2.24, 2.45) is 9.98 Å². The van der Waals surface area contributed by atoms with Crippen molar-refractivity contribution in [3.05, 3.63) is 193 Å². The summed E-state index contributed by atoms with van der Waals surface area (Å²) in [4.78, 5) is 10.3. The number of furan rings is 1. The molecular weight excluding hydrogens is 735 g/mol. The highest BCUT2D eigenvalue weighted by atomic mass is 32.1. The number of para-hydroxylation sites is 1. The van der Waals surface area contributed by atoms with Crippen LogP contribution in [0.3, 0.4) is 0 Å². The summed E-state index contributed by atoms with van der Waals surface area (Å²) in [5, 5.41) is 10.9. The van der Waals surface area contributed by atoms with Gasteiger partial charge in [0, 0.05) is 73.4 Å². The molecule has 1 aliphatic heterocycles. The molecule has 1 N–H and O–H groups in total. The minimum absolute atomic E-state index is 0.428. The fourth-order valence-corrected chi connectivity index (χ4v) is 10.6. The molecule has 3 aromatic heterocycles. The minimum Gasteiger partial charge on any atom is -0.455 e. The number of amidine groups is 2. The average Bonchev–Trinajstić information content (AvgIpc) is 3.97. The molecule has 0 aliphatic carbocycles. The van der Waals surface area contributed by atoms with E-state index in [-0.39, 0.29) is 0 Å². The van der Waals surface area contributed by atoms with E-state index in [1.165, 1.54) is 45.9 Å². The Kier molecular flexibility index (Phi) is 7.30. The first-order valence-electron chi connectivity index (χ1n) is 19.1.